The Labute approximate surface area is 127 Å². The van der Waals surface area contributed by atoms with E-state index in [0.717, 1.165) is 6.42 Å². The summed E-state index contributed by atoms with van der Waals surface area (Å²) < 4.78 is 0. The molecule has 118 valence electrons. The van der Waals surface area contributed by atoms with Crippen LogP contribution in [-0.2, 0) is 6.42 Å². The van der Waals surface area contributed by atoms with E-state index in [4.69, 9.17) is 0 Å². The molecule has 0 heterocycles. The third-order valence-electron chi connectivity index (χ3n) is 3.42. The molecule has 2 atom stereocenters. The summed E-state index contributed by atoms with van der Waals surface area (Å²) in [6.45, 7) is 2.57. The van der Waals surface area contributed by atoms with Crippen LogP contribution in [0.4, 0.5) is 4.79 Å². The molecule has 0 bridgehead atoms. The minimum Gasteiger partial charge on any atom is -0.392 e. The number of nitrogens with zero attached hydrogens (tertiary/aromatic N) is 2. The van der Waals surface area contributed by atoms with Gasteiger partial charge in [0.1, 0.15) is 0 Å². The third kappa shape index (κ3) is 6.60. The number of aliphatic hydroxyl groups is 1. The van der Waals surface area contributed by atoms with Crippen LogP contribution in [0.15, 0.2) is 30.3 Å². The monoisotopic (exact) mass is 293 g/mol. The zero-order valence-corrected chi connectivity index (χ0v) is 13.4. The number of likely N-dealkylation sites (N-methyl/N-ethyl adjacent to an activating group) is 2. The lowest BCUT2D eigenvalue weighted by atomic mass is 10.1. The van der Waals surface area contributed by atoms with E-state index in [1.807, 2.05) is 32.3 Å². The second kappa shape index (κ2) is 8.64. The first kappa shape index (κ1) is 17.5. The first-order valence-electron chi connectivity index (χ1n) is 7.27. The zero-order chi connectivity index (χ0) is 15.8. The molecule has 21 heavy (non-hydrogen) atoms. The van der Waals surface area contributed by atoms with E-state index in [1.165, 1.54) is 10.5 Å². The van der Waals surface area contributed by atoms with Gasteiger partial charge in [-0.05, 0) is 33.0 Å². The predicted molar refractivity (Wildman–Crippen MR) is 85.3 cm³/mol. The molecule has 5 heteroatoms. The maximum absolute atomic E-state index is 11.9. The molecule has 2 unspecified atom stereocenters. The molecule has 0 fully saturated rings. The average Bonchev–Trinajstić information content (AvgIpc) is 2.43. The smallest absolute Gasteiger partial charge is 0.317 e. The molecule has 0 saturated heterocycles. The number of hydrogen-bond donors (Lipinski definition) is 2. The van der Waals surface area contributed by atoms with Crippen LogP contribution in [-0.4, -0.2) is 67.3 Å². The number of carbonyl (C=O) groups is 1. The number of nitrogens with one attached hydrogen (secondary N) is 1. The lowest BCUT2D eigenvalue weighted by Crippen LogP contribution is -2.46. The molecule has 1 aromatic carbocycles. The Morgan fingerprint density at radius 3 is 2.38 bits per heavy atom. The highest BCUT2D eigenvalue weighted by Crippen LogP contribution is 2.06. The SMILES string of the molecule is CC(O)CN(C)C(=O)NCC(Cc1ccccc1)N(C)C. The van der Waals surface area contributed by atoms with Gasteiger partial charge in [0.2, 0.25) is 0 Å². The third-order valence-corrected chi connectivity index (χ3v) is 3.42. The summed E-state index contributed by atoms with van der Waals surface area (Å²) in [4.78, 5) is 15.6. The van der Waals surface area contributed by atoms with Crippen molar-refractivity contribution in [3.05, 3.63) is 35.9 Å². The molecule has 0 aliphatic heterocycles. The highest BCUT2D eigenvalue weighted by molar-refractivity contribution is 5.73. The fraction of sp³-hybridized carbons (Fsp3) is 0.562. The van der Waals surface area contributed by atoms with Gasteiger partial charge in [-0.25, -0.2) is 4.79 Å². The van der Waals surface area contributed by atoms with Gasteiger partial charge < -0.3 is 20.2 Å². The van der Waals surface area contributed by atoms with E-state index < -0.39 is 6.10 Å². The predicted octanol–water partition coefficient (Wildman–Crippen LogP) is 1.18. The Morgan fingerprint density at radius 1 is 1.24 bits per heavy atom. The minimum atomic E-state index is -0.519. The fourth-order valence-electron chi connectivity index (χ4n) is 2.14. The molecular formula is C16H27N3O2. The van der Waals surface area contributed by atoms with Gasteiger partial charge in [0.25, 0.3) is 0 Å². The first-order chi connectivity index (χ1) is 9.90. The van der Waals surface area contributed by atoms with Gasteiger partial charge in [-0.15, -0.1) is 0 Å². The first-order valence-corrected chi connectivity index (χ1v) is 7.27. The van der Waals surface area contributed by atoms with Crippen LogP contribution in [0.3, 0.4) is 0 Å². The van der Waals surface area contributed by atoms with Crippen LogP contribution in [0.5, 0.6) is 0 Å². The largest absolute Gasteiger partial charge is 0.392 e. The zero-order valence-electron chi connectivity index (χ0n) is 13.4. The molecule has 2 amide bonds. The molecule has 0 radical (unpaired) electrons. The van der Waals surface area contributed by atoms with Crippen molar-refractivity contribution >= 4 is 6.03 Å². The Kier molecular flexibility index (Phi) is 7.19. The van der Waals surface area contributed by atoms with E-state index in [1.54, 1.807) is 14.0 Å². The molecule has 0 spiro atoms. The quantitative estimate of drug-likeness (QED) is 0.794. The fourth-order valence-corrected chi connectivity index (χ4v) is 2.14. The van der Waals surface area contributed by atoms with Crippen molar-refractivity contribution in [1.82, 2.24) is 15.1 Å². The molecule has 0 aromatic heterocycles. The Hall–Kier alpha value is -1.59. The maximum Gasteiger partial charge on any atom is 0.317 e. The van der Waals surface area contributed by atoms with Crippen LogP contribution >= 0.6 is 0 Å². The average molecular weight is 293 g/mol. The summed E-state index contributed by atoms with van der Waals surface area (Å²) >= 11 is 0. The second-order valence-electron chi connectivity index (χ2n) is 5.72. The van der Waals surface area contributed by atoms with Crippen molar-refractivity contribution in [2.24, 2.45) is 0 Å². The highest BCUT2D eigenvalue weighted by atomic mass is 16.3. The summed E-state index contributed by atoms with van der Waals surface area (Å²) in [5.41, 5.74) is 1.25. The van der Waals surface area contributed by atoms with Gasteiger partial charge in [-0.1, -0.05) is 30.3 Å². The number of amides is 2. The molecule has 0 aliphatic rings. The van der Waals surface area contributed by atoms with E-state index in [2.05, 4.69) is 22.3 Å². The molecule has 5 nitrogen and oxygen atoms in total. The topological polar surface area (TPSA) is 55.8 Å². The molecular weight excluding hydrogens is 266 g/mol. The van der Waals surface area contributed by atoms with Crippen molar-refractivity contribution in [3.8, 4) is 0 Å². The highest BCUT2D eigenvalue weighted by Gasteiger charge is 2.16. The van der Waals surface area contributed by atoms with Gasteiger partial charge >= 0.3 is 6.03 Å². The van der Waals surface area contributed by atoms with E-state index in [-0.39, 0.29) is 12.1 Å². The van der Waals surface area contributed by atoms with Crippen molar-refractivity contribution in [2.45, 2.75) is 25.5 Å². The standard InChI is InChI=1S/C16H27N3O2/c1-13(20)12-19(4)16(21)17-11-15(18(2)3)10-14-8-6-5-7-9-14/h5-9,13,15,20H,10-12H2,1-4H3,(H,17,21). The van der Waals surface area contributed by atoms with Gasteiger partial charge in [-0.2, -0.15) is 0 Å². The molecule has 0 aliphatic carbocycles. The molecule has 1 rings (SSSR count). The van der Waals surface area contributed by atoms with Crippen LogP contribution in [0, 0.1) is 0 Å². The van der Waals surface area contributed by atoms with Crippen molar-refractivity contribution in [1.29, 1.82) is 0 Å². The van der Waals surface area contributed by atoms with Crippen molar-refractivity contribution < 1.29 is 9.90 Å². The van der Waals surface area contributed by atoms with Crippen LogP contribution in [0.25, 0.3) is 0 Å². The number of carbonyl (C=O) groups excluding carboxylic acids is 1. The number of rotatable bonds is 7. The Morgan fingerprint density at radius 2 is 1.86 bits per heavy atom. The number of hydrogen-bond acceptors (Lipinski definition) is 3. The minimum absolute atomic E-state index is 0.157. The number of urea groups is 1. The summed E-state index contributed by atoms with van der Waals surface area (Å²) in [5, 5.41) is 12.2. The van der Waals surface area contributed by atoms with Crippen molar-refractivity contribution in [3.63, 3.8) is 0 Å². The summed E-state index contributed by atoms with van der Waals surface area (Å²) in [5.74, 6) is 0. The normalized spacial score (nSPS) is 13.8. The lowest BCUT2D eigenvalue weighted by Gasteiger charge is -2.26. The molecule has 2 N–H and O–H groups in total. The summed E-state index contributed by atoms with van der Waals surface area (Å²) in [7, 11) is 5.71. The van der Waals surface area contributed by atoms with Crippen molar-refractivity contribution in [2.75, 3.05) is 34.2 Å². The van der Waals surface area contributed by atoms with Gasteiger partial charge in [0, 0.05) is 26.2 Å². The maximum atomic E-state index is 11.9. The van der Waals surface area contributed by atoms with E-state index >= 15 is 0 Å². The summed E-state index contributed by atoms with van der Waals surface area (Å²) in [6, 6.07) is 10.3. The van der Waals surface area contributed by atoms with E-state index in [9.17, 15) is 9.90 Å². The van der Waals surface area contributed by atoms with Crippen LogP contribution in [0.2, 0.25) is 0 Å². The number of benzene rings is 1. The summed E-state index contributed by atoms with van der Waals surface area (Å²) in [6.07, 6.45) is 0.364. The van der Waals surface area contributed by atoms with Gasteiger partial charge in [0.15, 0.2) is 0 Å². The molecule has 0 saturated carbocycles. The van der Waals surface area contributed by atoms with Crippen LogP contribution < -0.4 is 5.32 Å². The van der Waals surface area contributed by atoms with Gasteiger partial charge in [-0.3, -0.25) is 0 Å². The van der Waals surface area contributed by atoms with Gasteiger partial charge in [0.05, 0.1) is 6.10 Å². The second-order valence-corrected chi connectivity index (χ2v) is 5.72. The Bertz CT molecular complexity index is 421. The number of aliphatic hydroxyl groups excluding tert-OH is 1. The lowest BCUT2D eigenvalue weighted by molar-refractivity contribution is 0.142. The molecule has 1 aromatic rings. The Balaban J connectivity index is 2.50. The van der Waals surface area contributed by atoms with E-state index in [0.29, 0.717) is 13.1 Å². The van der Waals surface area contributed by atoms with Crippen LogP contribution in [0.1, 0.15) is 12.5 Å².